The average molecular weight is 317 g/mol. The van der Waals surface area contributed by atoms with E-state index in [0.717, 1.165) is 36.3 Å². The number of hydrogen-bond acceptors (Lipinski definition) is 5. The van der Waals surface area contributed by atoms with E-state index in [0.29, 0.717) is 12.8 Å². The van der Waals surface area contributed by atoms with Crippen molar-refractivity contribution < 1.29 is 23.4 Å². The summed E-state index contributed by atoms with van der Waals surface area (Å²) in [5.41, 5.74) is -0.998. The number of carbonyl (C=O) groups is 1. The largest absolute Gasteiger partial charge is 0.480 e. The summed E-state index contributed by atoms with van der Waals surface area (Å²) >= 11 is 0. The fourth-order valence-electron chi connectivity index (χ4n) is 2.41. The molecule has 0 aliphatic heterocycles. The molecule has 0 amide bonds. The molecule has 0 atom stereocenters. The molecule has 0 saturated heterocycles. The molecule has 21 heavy (non-hydrogen) atoms. The van der Waals surface area contributed by atoms with Gasteiger partial charge < -0.3 is 10.2 Å². The van der Waals surface area contributed by atoms with Crippen molar-refractivity contribution in [2.45, 2.75) is 49.1 Å². The van der Waals surface area contributed by atoms with Crippen molar-refractivity contribution in [2.24, 2.45) is 0 Å². The second kappa shape index (κ2) is 6.12. The minimum atomic E-state index is -3.80. The Morgan fingerprint density at radius 1 is 1.38 bits per heavy atom. The summed E-state index contributed by atoms with van der Waals surface area (Å²) in [5.74, 6) is -1.11. The van der Waals surface area contributed by atoms with E-state index in [-0.39, 0.29) is 11.4 Å². The van der Waals surface area contributed by atoms with Crippen molar-refractivity contribution in [1.29, 1.82) is 0 Å². The molecule has 8 nitrogen and oxygen atoms in total. The molecule has 0 radical (unpaired) electrons. The van der Waals surface area contributed by atoms with Crippen LogP contribution in [0.1, 0.15) is 32.1 Å². The number of rotatable bonds is 6. The fourth-order valence-corrected chi connectivity index (χ4v) is 3.48. The van der Waals surface area contributed by atoms with Gasteiger partial charge in [0.15, 0.2) is 0 Å². The zero-order valence-corrected chi connectivity index (χ0v) is 12.3. The minimum Gasteiger partial charge on any atom is -0.480 e. The highest BCUT2D eigenvalue weighted by Crippen LogP contribution is 2.27. The van der Waals surface area contributed by atoms with Gasteiger partial charge in [0.2, 0.25) is 10.0 Å². The first-order valence-electron chi connectivity index (χ1n) is 6.77. The van der Waals surface area contributed by atoms with Crippen LogP contribution in [0.5, 0.6) is 0 Å². The molecule has 2 rings (SSSR count). The third-order valence-corrected chi connectivity index (χ3v) is 4.95. The van der Waals surface area contributed by atoms with Crippen LogP contribution in [0.4, 0.5) is 0 Å². The number of aromatic nitrogens is 2. The highest BCUT2D eigenvalue weighted by Gasteiger charge is 2.31. The topological polar surface area (TPSA) is 122 Å². The maximum atomic E-state index is 12.1. The van der Waals surface area contributed by atoms with E-state index in [9.17, 15) is 18.3 Å². The average Bonchev–Trinajstić information content (AvgIpc) is 2.86. The molecule has 9 heteroatoms. The molecule has 1 fully saturated rings. The summed E-state index contributed by atoms with van der Waals surface area (Å²) < 4.78 is 27.6. The van der Waals surface area contributed by atoms with Crippen molar-refractivity contribution in [2.75, 3.05) is 6.54 Å². The van der Waals surface area contributed by atoms with Crippen molar-refractivity contribution in [3.8, 4) is 0 Å². The van der Waals surface area contributed by atoms with Gasteiger partial charge in [0.1, 0.15) is 11.4 Å². The standard InChI is InChI=1S/C12H19N3O5S/c16-11(17)8-15-7-10(6-13-15)21(19,20)14-9-12(18)4-2-1-3-5-12/h6-7,14,18H,1-5,8-9H2,(H,16,17). The lowest BCUT2D eigenvalue weighted by Gasteiger charge is -2.31. The normalized spacial score (nSPS) is 18.5. The number of aliphatic hydroxyl groups is 1. The highest BCUT2D eigenvalue weighted by molar-refractivity contribution is 7.89. The molecule has 1 saturated carbocycles. The van der Waals surface area contributed by atoms with Crippen LogP contribution in [-0.4, -0.2) is 46.5 Å². The molecule has 1 heterocycles. The number of sulfonamides is 1. The monoisotopic (exact) mass is 317 g/mol. The molecular weight excluding hydrogens is 298 g/mol. The van der Waals surface area contributed by atoms with Gasteiger partial charge in [0, 0.05) is 12.7 Å². The summed E-state index contributed by atoms with van der Waals surface area (Å²) in [4.78, 5) is 10.4. The van der Waals surface area contributed by atoms with Gasteiger partial charge in [-0.1, -0.05) is 19.3 Å². The molecule has 1 aromatic rings. The quantitative estimate of drug-likeness (QED) is 0.676. The zero-order chi connectivity index (χ0) is 15.5. The Bertz CT molecular complexity index is 604. The predicted molar refractivity (Wildman–Crippen MR) is 73.1 cm³/mol. The predicted octanol–water partition coefficient (Wildman–Crippen LogP) is -0.0588. The summed E-state index contributed by atoms with van der Waals surface area (Å²) in [7, 11) is -3.80. The van der Waals surface area contributed by atoms with Gasteiger partial charge in [0.25, 0.3) is 0 Å². The lowest BCUT2D eigenvalue weighted by Crippen LogP contribution is -2.44. The van der Waals surface area contributed by atoms with Crippen molar-refractivity contribution in [3.63, 3.8) is 0 Å². The maximum absolute atomic E-state index is 12.1. The minimum absolute atomic E-state index is 0.0422. The summed E-state index contributed by atoms with van der Waals surface area (Å²) in [6.07, 6.45) is 6.22. The van der Waals surface area contributed by atoms with E-state index in [4.69, 9.17) is 5.11 Å². The third kappa shape index (κ3) is 4.26. The fraction of sp³-hybridized carbons (Fsp3) is 0.667. The van der Waals surface area contributed by atoms with Gasteiger partial charge in [-0.15, -0.1) is 0 Å². The van der Waals surface area contributed by atoms with Crippen LogP contribution in [0.2, 0.25) is 0 Å². The molecule has 1 aliphatic carbocycles. The summed E-state index contributed by atoms with van der Waals surface area (Å²) in [5, 5.41) is 22.6. The Balaban J connectivity index is 2.01. The van der Waals surface area contributed by atoms with E-state index >= 15 is 0 Å². The number of hydrogen-bond donors (Lipinski definition) is 3. The molecule has 3 N–H and O–H groups in total. The molecule has 1 aliphatic rings. The van der Waals surface area contributed by atoms with E-state index in [2.05, 4.69) is 9.82 Å². The van der Waals surface area contributed by atoms with Gasteiger partial charge in [-0.05, 0) is 12.8 Å². The second-order valence-electron chi connectivity index (χ2n) is 5.38. The van der Waals surface area contributed by atoms with Crippen LogP contribution in [-0.2, 0) is 21.4 Å². The molecule has 118 valence electrons. The van der Waals surface area contributed by atoms with E-state index in [1.54, 1.807) is 0 Å². The van der Waals surface area contributed by atoms with Crippen molar-refractivity contribution in [1.82, 2.24) is 14.5 Å². The van der Waals surface area contributed by atoms with Crippen LogP contribution >= 0.6 is 0 Å². The van der Waals surface area contributed by atoms with Gasteiger partial charge >= 0.3 is 5.97 Å². The van der Waals surface area contributed by atoms with Crippen LogP contribution < -0.4 is 4.72 Å². The number of aliphatic carboxylic acids is 1. The van der Waals surface area contributed by atoms with Gasteiger partial charge in [0.05, 0.1) is 11.8 Å². The van der Waals surface area contributed by atoms with Gasteiger partial charge in [-0.2, -0.15) is 5.10 Å². The lowest BCUT2D eigenvalue weighted by atomic mass is 9.85. The van der Waals surface area contributed by atoms with E-state index < -0.39 is 28.1 Å². The first kappa shape index (κ1) is 15.9. The SMILES string of the molecule is O=C(O)Cn1cc(S(=O)(=O)NCC2(O)CCCCC2)cn1. The molecule has 0 bridgehead atoms. The molecule has 0 aromatic carbocycles. The van der Waals surface area contributed by atoms with Crippen LogP contribution in [0.15, 0.2) is 17.3 Å². The molecular formula is C12H19N3O5S. The van der Waals surface area contributed by atoms with Crippen LogP contribution in [0, 0.1) is 0 Å². The van der Waals surface area contributed by atoms with Crippen LogP contribution in [0.3, 0.4) is 0 Å². The van der Waals surface area contributed by atoms with Crippen molar-refractivity contribution in [3.05, 3.63) is 12.4 Å². The molecule has 0 spiro atoms. The Kier molecular flexibility index (Phi) is 4.64. The van der Waals surface area contributed by atoms with E-state index in [1.807, 2.05) is 0 Å². The highest BCUT2D eigenvalue weighted by atomic mass is 32.2. The number of carboxylic acid groups (broad SMARTS) is 1. The number of carboxylic acids is 1. The number of nitrogens with zero attached hydrogens (tertiary/aromatic N) is 2. The first-order valence-corrected chi connectivity index (χ1v) is 8.25. The zero-order valence-electron chi connectivity index (χ0n) is 11.5. The Hall–Kier alpha value is -1.45. The summed E-state index contributed by atoms with van der Waals surface area (Å²) in [6, 6.07) is 0. The third-order valence-electron chi connectivity index (χ3n) is 3.59. The maximum Gasteiger partial charge on any atom is 0.325 e. The van der Waals surface area contributed by atoms with Gasteiger partial charge in [-0.3, -0.25) is 9.48 Å². The van der Waals surface area contributed by atoms with Crippen LogP contribution in [0.25, 0.3) is 0 Å². The van der Waals surface area contributed by atoms with Crippen molar-refractivity contribution >= 4 is 16.0 Å². The number of nitrogens with one attached hydrogen (secondary N) is 1. The lowest BCUT2D eigenvalue weighted by molar-refractivity contribution is -0.137. The van der Waals surface area contributed by atoms with Gasteiger partial charge in [-0.25, -0.2) is 13.1 Å². The second-order valence-corrected chi connectivity index (χ2v) is 7.14. The molecule has 1 aromatic heterocycles. The Morgan fingerprint density at radius 2 is 2.05 bits per heavy atom. The first-order chi connectivity index (χ1) is 9.81. The summed E-state index contributed by atoms with van der Waals surface area (Å²) in [6.45, 7) is -0.446. The van der Waals surface area contributed by atoms with E-state index in [1.165, 1.54) is 0 Å². The Morgan fingerprint density at radius 3 is 2.67 bits per heavy atom. The smallest absolute Gasteiger partial charge is 0.325 e. The Labute approximate surface area is 122 Å². The molecule has 0 unspecified atom stereocenters.